The highest BCUT2D eigenvalue weighted by Crippen LogP contribution is 2.25. The van der Waals surface area contributed by atoms with E-state index in [1.807, 2.05) is 0 Å². The Bertz CT molecular complexity index is 837. The Labute approximate surface area is 179 Å². The van der Waals surface area contributed by atoms with Crippen molar-refractivity contribution in [2.75, 3.05) is 38.0 Å². The number of piperazine rings is 1. The number of amides is 1. The lowest BCUT2D eigenvalue weighted by Gasteiger charge is -2.33. The summed E-state index contributed by atoms with van der Waals surface area (Å²) in [4.78, 5) is 22.1. The van der Waals surface area contributed by atoms with E-state index in [0.717, 1.165) is 49.5 Å². The molecule has 0 spiro atoms. The number of nitrogens with zero attached hydrogens (tertiary/aromatic N) is 3. The highest BCUT2D eigenvalue weighted by atomic mass is 32.1. The molecule has 1 aromatic heterocycles. The third kappa shape index (κ3) is 5.87. The predicted molar refractivity (Wildman–Crippen MR) is 122 cm³/mol. The molecule has 1 saturated heterocycles. The van der Waals surface area contributed by atoms with Crippen LogP contribution in [0.2, 0.25) is 0 Å². The van der Waals surface area contributed by atoms with E-state index in [2.05, 4.69) is 74.2 Å². The second-order valence-corrected chi connectivity index (χ2v) is 10.2. The van der Waals surface area contributed by atoms with Crippen LogP contribution in [-0.4, -0.2) is 53.4 Å². The molecule has 6 heteroatoms. The minimum atomic E-state index is 0.0724. The standard InChI is InChI=1S/C23H34N4OS/c1-16-11-17(2)22(18(3)12-16)25-20(28)13-26-7-9-27(10-8-26)14-21-24-19(15-29-21)23(4,5)6/h11-12,15H,7-10,13-14H2,1-6H3,(H,25,28). The molecule has 158 valence electrons. The summed E-state index contributed by atoms with van der Waals surface area (Å²) in [7, 11) is 0. The second kappa shape index (κ2) is 8.94. The number of nitrogens with one attached hydrogen (secondary N) is 1. The lowest BCUT2D eigenvalue weighted by molar-refractivity contribution is -0.117. The molecular weight excluding hydrogens is 380 g/mol. The number of carbonyl (C=O) groups is 1. The summed E-state index contributed by atoms with van der Waals surface area (Å²) in [6.45, 7) is 17.9. The van der Waals surface area contributed by atoms with E-state index >= 15 is 0 Å². The van der Waals surface area contributed by atoms with Crippen LogP contribution >= 0.6 is 11.3 Å². The van der Waals surface area contributed by atoms with Gasteiger partial charge < -0.3 is 5.32 Å². The molecule has 1 aliphatic heterocycles. The number of aromatic nitrogens is 1. The zero-order chi connectivity index (χ0) is 21.2. The van der Waals surface area contributed by atoms with Gasteiger partial charge in [0.05, 0.1) is 18.8 Å². The summed E-state index contributed by atoms with van der Waals surface area (Å²) in [6.07, 6.45) is 0. The van der Waals surface area contributed by atoms with Gasteiger partial charge in [-0.3, -0.25) is 14.6 Å². The minimum Gasteiger partial charge on any atom is -0.324 e. The van der Waals surface area contributed by atoms with Gasteiger partial charge in [0.25, 0.3) is 0 Å². The second-order valence-electron chi connectivity index (χ2n) is 9.25. The lowest BCUT2D eigenvalue weighted by atomic mass is 9.93. The smallest absolute Gasteiger partial charge is 0.238 e. The minimum absolute atomic E-state index is 0.0724. The highest BCUT2D eigenvalue weighted by Gasteiger charge is 2.22. The normalized spacial score (nSPS) is 16.2. The van der Waals surface area contributed by atoms with Crippen molar-refractivity contribution in [2.45, 2.75) is 53.5 Å². The lowest BCUT2D eigenvalue weighted by Crippen LogP contribution is -2.48. The van der Waals surface area contributed by atoms with Crippen LogP contribution in [0.4, 0.5) is 5.69 Å². The van der Waals surface area contributed by atoms with Crippen LogP contribution in [0, 0.1) is 20.8 Å². The molecule has 0 bridgehead atoms. The molecule has 0 atom stereocenters. The number of anilines is 1. The van der Waals surface area contributed by atoms with Crippen LogP contribution in [0.15, 0.2) is 17.5 Å². The molecule has 1 amide bonds. The molecule has 2 heterocycles. The largest absolute Gasteiger partial charge is 0.324 e. The molecule has 29 heavy (non-hydrogen) atoms. The third-order valence-corrected chi connectivity index (χ3v) is 6.29. The first-order chi connectivity index (χ1) is 13.6. The molecule has 3 rings (SSSR count). The van der Waals surface area contributed by atoms with Crippen LogP contribution in [0.5, 0.6) is 0 Å². The Kier molecular flexibility index (Phi) is 6.76. The Morgan fingerprint density at radius 1 is 1.07 bits per heavy atom. The quantitative estimate of drug-likeness (QED) is 0.799. The number of thiazole rings is 1. The molecule has 0 unspecified atom stereocenters. The number of hydrogen-bond donors (Lipinski definition) is 1. The molecule has 2 aromatic rings. The van der Waals surface area contributed by atoms with Gasteiger partial charge in [-0.2, -0.15) is 0 Å². The van der Waals surface area contributed by atoms with E-state index in [1.165, 1.54) is 16.3 Å². The average molecular weight is 415 g/mol. The van der Waals surface area contributed by atoms with Gasteiger partial charge in [0, 0.05) is 42.7 Å². The summed E-state index contributed by atoms with van der Waals surface area (Å²) in [5, 5.41) is 6.49. The summed E-state index contributed by atoms with van der Waals surface area (Å²) >= 11 is 1.76. The first-order valence-electron chi connectivity index (χ1n) is 10.4. The average Bonchev–Trinajstić information content (AvgIpc) is 3.09. The summed E-state index contributed by atoms with van der Waals surface area (Å²) in [5.74, 6) is 0.0724. The monoisotopic (exact) mass is 414 g/mol. The van der Waals surface area contributed by atoms with Crippen LogP contribution in [-0.2, 0) is 16.8 Å². The van der Waals surface area contributed by atoms with Crippen LogP contribution in [0.3, 0.4) is 0 Å². The van der Waals surface area contributed by atoms with Crippen molar-refractivity contribution in [1.82, 2.24) is 14.8 Å². The van der Waals surface area contributed by atoms with E-state index in [9.17, 15) is 4.79 Å². The van der Waals surface area contributed by atoms with E-state index in [1.54, 1.807) is 11.3 Å². The SMILES string of the molecule is Cc1cc(C)c(NC(=O)CN2CCN(Cc3nc(C(C)(C)C)cs3)CC2)c(C)c1. The Balaban J connectivity index is 1.47. The summed E-state index contributed by atoms with van der Waals surface area (Å²) in [6, 6.07) is 4.23. The fourth-order valence-corrected chi connectivity index (χ4v) is 4.85. The van der Waals surface area contributed by atoms with Crippen LogP contribution < -0.4 is 5.32 Å². The molecule has 1 aliphatic rings. The number of carbonyl (C=O) groups excluding carboxylic acids is 1. The van der Waals surface area contributed by atoms with Gasteiger partial charge in [0.1, 0.15) is 5.01 Å². The van der Waals surface area contributed by atoms with Crippen molar-refractivity contribution in [2.24, 2.45) is 0 Å². The Morgan fingerprint density at radius 3 is 2.21 bits per heavy atom. The Morgan fingerprint density at radius 2 is 1.66 bits per heavy atom. The molecule has 0 radical (unpaired) electrons. The first-order valence-corrected chi connectivity index (χ1v) is 11.3. The molecule has 1 N–H and O–H groups in total. The number of rotatable bonds is 5. The van der Waals surface area contributed by atoms with Crippen LogP contribution in [0.1, 0.15) is 48.2 Å². The maximum Gasteiger partial charge on any atom is 0.238 e. The van der Waals surface area contributed by atoms with Gasteiger partial charge in [-0.25, -0.2) is 4.98 Å². The molecular formula is C23H34N4OS. The van der Waals surface area contributed by atoms with Gasteiger partial charge in [-0.1, -0.05) is 38.5 Å². The van der Waals surface area contributed by atoms with Gasteiger partial charge in [-0.15, -0.1) is 11.3 Å². The van der Waals surface area contributed by atoms with Gasteiger partial charge >= 0.3 is 0 Å². The number of aryl methyl sites for hydroxylation is 3. The molecule has 1 aromatic carbocycles. The van der Waals surface area contributed by atoms with E-state index in [0.29, 0.717) is 6.54 Å². The van der Waals surface area contributed by atoms with E-state index in [-0.39, 0.29) is 11.3 Å². The zero-order valence-corrected chi connectivity index (χ0v) is 19.4. The molecule has 1 fully saturated rings. The van der Waals surface area contributed by atoms with E-state index in [4.69, 9.17) is 4.98 Å². The van der Waals surface area contributed by atoms with Gasteiger partial charge in [-0.05, 0) is 31.9 Å². The zero-order valence-electron chi connectivity index (χ0n) is 18.6. The van der Waals surface area contributed by atoms with Crippen molar-refractivity contribution in [3.05, 3.63) is 44.9 Å². The highest BCUT2D eigenvalue weighted by molar-refractivity contribution is 7.09. The van der Waals surface area contributed by atoms with E-state index < -0.39 is 0 Å². The summed E-state index contributed by atoms with van der Waals surface area (Å²) < 4.78 is 0. The van der Waals surface area contributed by atoms with Gasteiger partial charge in [0.15, 0.2) is 0 Å². The molecule has 0 saturated carbocycles. The fourth-order valence-electron chi connectivity index (χ4n) is 3.78. The topological polar surface area (TPSA) is 48.5 Å². The maximum absolute atomic E-state index is 12.6. The maximum atomic E-state index is 12.6. The van der Waals surface area contributed by atoms with Crippen molar-refractivity contribution < 1.29 is 4.79 Å². The Hall–Kier alpha value is -1.76. The van der Waals surface area contributed by atoms with Crippen molar-refractivity contribution in [1.29, 1.82) is 0 Å². The number of hydrogen-bond acceptors (Lipinski definition) is 5. The molecule has 0 aliphatic carbocycles. The predicted octanol–water partition coefficient (Wildman–Crippen LogP) is 4.12. The van der Waals surface area contributed by atoms with Crippen molar-refractivity contribution >= 4 is 22.9 Å². The fraction of sp³-hybridized carbons (Fsp3) is 0.565. The molecule has 5 nitrogen and oxygen atoms in total. The first kappa shape index (κ1) is 21.9. The summed E-state index contributed by atoms with van der Waals surface area (Å²) in [5.41, 5.74) is 5.71. The van der Waals surface area contributed by atoms with Crippen LogP contribution in [0.25, 0.3) is 0 Å². The van der Waals surface area contributed by atoms with Gasteiger partial charge in [0.2, 0.25) is 5.91 Å². The van der Waals surface area contributed by atoms with Crippen molar-refractivity contribution in [3.63, 3.8) is 0 Å². The third-order valence-electron chi connectivity index (χ3n) is 5.45. The van der Waals surface area contributed by atoms with Crippen molar-refractivity contribution in [3.8, 4) is 0 Å². The number of benzene rings is 1.